The number of benzene rings is 1. The van der Waals surface area contributed by atoms with Crippen LogP contribution in [-0.4, -0.2) is 97.2 Å². The summed E-state index contributed by atoms with van der Waals surface area (Å²) in [5, 5.41) is 9.52. The number of likely N-dealkylation sites (N-methyl/N-ethyl adjacent to an activating group) is 1. The number of halogens is 1. The summed E-state index contributed by atoms with van der Waals surface area (Å²) in [7, 11) is 4.23. The SMILES string of the molecule is C=CC(=O)N1CCN(c2nc(N3CC[C@@H](N(C)C)C3)nc3c2CC[C@@H](N2CCc4cccc(F)c42)C3)C[C@@H]1CC#N. The molecule has 4 heterocycles. The normalized spacial score (nSPS) is 23.9. The molecule has 9 nitrogen and oxygen atoms in total. The van der Waals surface area contributed by atoms with E-state index in [2.05, 4.69) is 46.3 Å². The fraction of sp³-hybridized carbons (Fsp3) is 0.548. The molecule has 1 amide bonds. The standard InChI is InChI=1S/C31H39FN8O/c1-4-28(41)39-17-16-37(20-24(39)10-13-33)30-25-9-8-22(40-15-11-21-6-5-7-26(32)29(21)40)18-27(25)34-31(35-30)38-14-12-23(19-38)36(2)3/h4-7,22-24H,1,8-12,14-20H2,2-3H3/t22-,23-,24+/m1/s1. The van der Waals surface area contributed by atoms with Crippen LogP contribution >= 0.6 is 0 Å². The Bertz CT molecular complexity index is 1370. The number of nitrogens with zero attached hydrogens (tertiary/aromatic N) is 8. The largest absolute Gasteiger partial charge is 0.365 e. The smallest absolute Gasteiger partial charge is 0.246 e. The number of nitriles is 1. The lowest BCUT2D eigenvalue weighted by Gasteiger charge is -2.42. The van der Waals surface area contributed by atoms with Crippen molar-refractivity contribution in [2.45, 2.75) is 56.7 Å². The van der Waals surface area contributed by atoms with Crippen molar-refractivity contribution in [2.75, 3.05) is 68.1 Å². The second kappa shape index (κ2) is 11.3. The van der Waals surface area contributed by atoms with Crippen LogP contribution in [0.25, 0.3) is 0 Å². The number of carbonyl (C=O) groups is 1. The molecule has 1 aromatic heterocycles. The minimum absolute atomic E-state index is 0.136. The molecule has 41 heavy (non-hydrogen) atoms. The number of hydrogen-bond acceptors (Lipinski definition) is 8. The molecular weight excluding hydrogens is 519 g/mol. The summed E-state index contributed by atoms with van der Waals surface area (Å²) in [6.45, 7) is 7.95. The lowest BCUT2D eigenvalue weighted by molar-refractivity contribution is -0.128. The maximum atomic E-state index is 14.9. The predicted molar refractivity (Wildman–Crippen MR) is 158 cm³/mol. The van der Waals surface area contributed by atoms with Crippen LogP contribution in [0.1, 0.15) is 36.1 Å². The fourth-order valence-electron chi connectivity index (χ4n) is 7.12. The average molecular weight is 559 g/mol. The maximum Gasteiger partial charge on any atom is 0.246 e. The quantitative estimate of drug-likeness (QED) is 0.501. The van der Waals surface area contributed by atoms with Gasteiger partial charge in [0.05, 0.1) is 29.9 Å². The molecule has 2 saturated heterocycles. The molecule has 3 atom stereocenters. The van der Waals surface area contributed by atoms with Crippen LogP contribution in [0.3, 0.4) is 0 Å². The van der Waals surface area contributed by atoms with Crippen molar-refractivity contribution in [1.82, 2.24) is 19.8 Å². The van der Waals surface area contributed by atoms with E-state index in [4.69, 9.17) is 9.97 Å². The number of piperazine rings is 1. The molecule has 4 aliphatic rings. The highest BCUT2D eigenvalue weighted by Crippen LogP contribution is 2.38. The van der Waals surface area contributed by atoms with Crippen LogP contribution in [0.2, 0.25) is 0 Å². The molecular formula is C31H39FN8O. The van der Waals surface area contributed by atoms with E-state index < -0.39 is 0 Å². The summed E-state index contributed by atoms with van der Waals surface area (Å²) in [6.07, 6.45) is 5.97. The van der Waals surface area contributed by atoms with Gasteiger partial charge in [0.25, 0.3) is 0 Å². The van der Waals surface area contributed by atoms with E-state index in [0.717, 1.165) is 86.0 Å². The molecule has 6 rings (SSSR count). The van der Waals surface area contributed by atoms with Crippen LogP contribution in [0.4, 0.5) is 21.8 Å². The predicted octanol–water partition coefficient (Wildman–Crippen LogP) is 2.79. The molecule has 1 aliphatic carbocycles. The Morgan fingerprint density at radius 3 is 2.76 bits per heavy atom. The Morgan fingerprint density at radius 2 is 2.00 bits per heavy atom. The lowest BCUT2D eigenvalue weighted by Crippen LogP contribution is -2.55. The molecule has 2 fully saturated rings. The topological polar surface area (TPSA) is 82.8 Å². The molecule has 216 valence electrons. The summed E-state index contributed by atoms with van der Waals surface area (Å²) in [4.78, 5) is 33.7. The Hall–Kier alpha value is -3.71. The summed E-state index contributed by atoms with van der Waals surface area (Å²) >= 11 is 0. The van der Waals surface area contributed by atoms with Gasteiger partial charge >= 0.3 is 0 Å². The Balaban J connectivity index is 1.34. The van der Waals surface area contributed by atoms with E-state index in [1.54, 1.807) is 17.0 Å². The number of hydrogen-bond donors (Lipinski definition) is 0. The Morgan fingerprint density at radius 1 is 1.15 bits per heavy atom. The number of aromatic nitrogens is 2. The van der Waals surface area contributed by atoms with E-state index in [9.17, 15) is 14.4 Å². The first-order valence-corrected chi connectivity index (χ1v) is 14.8. The zero-order valence-corrected chi connectivity index (χ0v) is 24.1. The Kier molecular flexibility index (Phi) is 7.56. The number of amides is 1. The van der Waals surface area contributed by atoms with Gasteiger partial charge in [-0.1, -0.05) is 18.7 Å². The number of anilines is 3. The van der Waals surface area contributed by atoms with Crippen LogP contribution in [-0.2, 0) is 24.1 Å². The van der Waals surface area contributed by atoms with Gasteiger partial charge in [-0.05, 0) is 57.5 Å². The number of fused-ring (bicyclic) bond motifs is 2. The van der Waals surface area contributed by atoms with Crippen LogP contribution < -0.4 is 14.7 Å². The molecule has 1 aromatic carbocycles. The van der Waals surface area contributed by atoms with E-state index >= 15 is 0 Å². The number of para-hydroxylation sites is 1. The third kappa shape index (κ3) is 5.12. The van der Waals surface area contributed by atoms with Gasteiger partial charge in [-0.2, -0.15) is 10.2 Å². The minimum atomic E-state index is -0.223. The minimum Gasteiger partial charge on any atom is -0.365 e. The number of rotatable bonds is 6. The number of carbonyl (C=O) groups excluding carboxylic acids is 1. The van der Waals surface area contributed by atoms with Crippen molar-refractivity contribution in [2.24, 2.45) is 0 Å². The summed E-state index contributed by atoms with van der Waals surface area (Å²) in [5.41, 5.74) is 4.04. The molecule has 0 bridgehead atoms. The van der Waals surface area contributed by atoms with E-state index in [1.165, 1.54) is 6.08 Å². The third-order valence-electron chi connectivity index (χ3n) is 9.38. The molecule has 0 radical (unpaired) electrons. The van der Waals surface area contributed by atoms with Gasteiger partial charge < -0.3 is 24.5 Å². The summed E-state index contributed by atoms with van der Waals surface area (Å²) in [6, 6.07) is 8.08. The van der Waals surface area contributed by atoms with E-state index in [1.807, 2.05) is 6.07 Å². The monoisotopic (exact) mass is 558 g/mol. The third-order valence-corrected chi connectivity index (χ3v) is 9.38. The molecule has 2 aromatic rings. The van der Waals surface area contributed by atoms with Gasteiger partial charge in [-0.25, -0.2) is 9.37 Å². The van der Waals surface area contributed by atoms with Crippen molar-refractivity contribution in [1.29, 1.82) is 5.26 Å². The maximum absolute atomic E-state index is 14.9. The van der Waals surface area contributed by atoms with Crippen molar-refractivity contribution in [3.8, 4) is 6.07 Å². The zero-order valence-electron chi connectivity index (χ0n) is 24.1. The molecule has 0 spiro atoms. The molecule has 0 N–H and O–H groups in total. The van der Waals surface area contributed by atoms with Crippen molar-refractivity contribution in [3.63, 3.8) is 0 Å². The Labute approximate surface area is 241 Å². The van der Waals surface area contributed by atoms with E-state index in [-0.39, 0.29) is 30.2 Å². The fourth-order valence-corrected chi connectivity index (χ4v) is 7.12. The molecule has 10 heteroatoms. The first-order chi connectivity index (χ1) is 19.9. The van der Waals surface area contributed by atoms with Gasteiger partial charge in [-0.15, -0.1) is 0 Å². The average Bonchev–Trinajstić information content (AvgIpc) is 3.65. The summed E-state index contributed by atoms with van der Waals surface area (Å²) < 4.78 is 14.9. The summed E-state index contributed by atoms with van der Waals surface area (Å²) in [5.74, 6) is 1.40. The lowest BCUT2D eigenvalue weighted by atomic mass is 9.90. The zero-order chi connectivity index (χ0) is 28.7. The van der Waals surface area contributed by atoms with Gasteiger partial charge in [0.15, 0.2) is 0 Å². The highest BCUT2D eigenvalue weighted by atomic mass is 19.1. The van der Waals surface area contributed by atoms with Crippen molar-refractivity contribution >= 4 is 23.4 Å². The second-order valence-corrected chi connectivity index (χ2v) is 11.9. The molecule has 0 unspecified atom stereocenters. The highest BCUT2D eigenvalue weighted by molar-refractivity contribution is 5.87. The van der Waals surface area contributed by atoms with Gasteiger partial charge in [-0.3, -0.25) is 4.79 Å². The van der Waals surface area contributed by atoms with E-state index in [0.29, 0.717) is 25.7 Å². The first-order valence-electron chi connectivity index (χ1n) is 14.8. The van der Waals surface area contributed by atoms with Gasteiger partial charge in [0.2, 0.25) is 11.9 Å². The van der Waals surface area contributed by atoms with Crippen molar-refractivity contribution < 1.29 is 9.18 Å². The molecule has 0 saturated carbocycles. The van der Waals surface area contributed by atoms with Gasteiger partial charge in [0.1, 0.15) is 11.6 Å². The van der Waals surface area contributed by atoms with Crippen LogP contribution in [0, 0.1) is 17.1 Å². The molecule has 3 aliphatic heterocycles. The van der Waals surface area contributed by atoms with Crippen LogP contribution in [0.15, 0.2) is 30.9 Å². The first kappa shape index (κ1) is 27.5. The van der Waals surface area contributed by atoms with Gasteiger partial charge in [0, 0.05) is 63.3 Å². The highest BCUT2D eigenvalue weighted by Gasteiger charge is 2.37. The second-order valence-electron chi connectivity index (χ2n) is 11.9. The van der Waals surface area contributed by atoms with Crippen molar-refractivity contribution in [3.05, 3.63) is 53.5 Å². The van der Waals surface area contributed by atoms with Crippen LogP contribution in [0.5, 0.6) is 0 Å².